The number of nitrogens with one attached hydrogen (secondary N) is 2. The predicted molar refractivity (Wildman–Crippen MR) is 127 cm³/mol. The number of fused-ring (bicyclic) bond motifs is 3. The Hall–Kier alpha value is -4.13. The number of carboxylic acid groups (broad SMARTS) is 1. The van der Waals surface area contributed by atoms with Crippen LogP contribution in [0.2, 0.25) is 0 Å². The molecule has 0 fully saturated rings. The molecule has 0 unspecified atom stereocenters. The molecule has 0 aromatic heterocycles. The first-order chi connectivity index (χ1) is 16.5. The number of amides is 2. The Morgan fingerprint density at radius 1 is 0.794 bits per heavy atom. The molecule has 34 heavy (non-hydrogen) atoms. The minimum atomic E-state index is -0.925. The topological polar surface area (TPSA) is 105 Å². The molecule has 0 aliphatic heterocycles. The highest BCUT2D eigenvalue weighted by Crippen LogP contribution is 2.44. The quantitative estimate of drug-likeness (QED) is 0.452. The van der Waals surface area contributed by atoms with Crippen LogP contribution in [0.5, 0.6) is 0 Å². The maximum Gasteiger partial charge on any atom is 0.407 e. The molecule has 0 atom stereocenters. The average molecular weight is 459 g/mol. The van der Waals surface area contributed by atoms with E-state index < -0.39 is 12.1 Å². The molecule has 174 valence electrons. The van der Waals surface area contributed by atoms with Crippen LogP contribution in [0.3, 0.4) is 0 Å². The Balaban J connectivity index is 1.22. The zero-order valence-electron chi connectivity index (χ0n) is 18.6. The Morgan fingerprint density at radius 2 is 1.38 bits per heavy atom. The van der Waals surface area contributed by atoms with Gasteiger partial charge >= 0.3 is 12.1 Å². The minimum absolute atomic E-state index is 0.0210. The van der Waals surface area contributed by atoms with Crippen LogP contribution in [0, 0.1) is 0 Å². The molecule has 0 bridgehead atoms. The zero-order chi connectivity index (χ0) is 23.9. The van der Waals surface area contributed by atoms with Crippen molar-refractivity contribution >= 4 is 18.0 Å². The van der Waals surface area contributed by atoms with Crippen LogP contribution >= 0.6 is 0 Å². The third-order valence-corrected chi connectivity index (χ3v) is 5.90. The van der Waals surface area contributed by atoms with Crippen molar-refractivity contribution in [2.45, 2.75) is 25.3 Å². The summed E-state index contributed by atoms with van der Waals surface area (Å²) in [5.74, 6) is -1.19. The first-order valence-electron chi connectivity index (χ1n) is 11.2. The maximum absolute atomic E-state index is 12.2. The Morgan fingerprint density at radius 3 is 2.03 bits per heavy atom. The van der Waals surface area contributed by atoms with Crippen LogP contribution in [0.4, 0.5) is 4.79 Å². The van der Waals surface area contributed by atoms with Crippen LogP contribution in [-0.2, 0) is 27.3 Å². The molecule has 7 heteroatoms. The van der Waals surface area contributed by atoms with E-state index in [0.29, 0.717) is 5.56 Å². The van der Waals surface area contributed by atoms with Crippen molar-refractivity contribution in [2.24, 2.45) is 0 Å². The first kappa shape index (κ1) is 23.0. The second-order valence-electron chi connectivity index (χ2n) is 8.12. The number of hydrogen-bond donors (Lipinski definition) is 3. The fraction of sp³-hybridized carbons (Fsp3) is 0.222. The summed E-state index contributed by atoms with van der Waals surface area (Å²) >= 11 is 0. The van der Waals surface area contributed by atoms with Crippen LogP contribution in [0.25, 0.3) is 11.1 Å². The number of aliphatic carboxylic acids is 1. The summed E-state index contributed by atoms with van der Waals surface area (Å²) in [4.78, 5) is 35.3. The number of rotatable bonds is 9. The molecule has 4 rings (SSSR count). The molecule has 1 aliphatic rings. The molecule has 0 heterocycles. The van der Waals surface area contributed by atoms with Gasteiger partial charge in [0.15, 0.2) is 0 Å². The monoisotopic (exact) mass is 458 g/mol. The molecule has 0 saturated carbocycles. The van der Waals surface area contributed by atoms with E-state index in [2.05, 4.69) is 34.9 Å². The van der Waals surface area contributed by atoms with Gasteiger partial charge in [0.25, 0.3) is 0 Å². The minimum Gasteiger partial charge on any atom is -0.481 e. The number of carboxylic acids is 1. The van der Waals surface area contributed by atoms with Gasteiger partial charge < -0.3 is 20.5 Å². The van der Waals surface area contributed by atoms with Crippen LogP contribution < -0.4 is 10.6 Å². The van der Waals surface area contributed by atoms with E-state index in [1.165, 1.54) is 0 Å². The highest BCUT2D eigenvalue weighted by atomic mass is 16.5. The van der Waals surface area contributed by atoms with E-state index in [-0.39, 0.29) is 44.4 Å². The van der Waals surface area contributed by atoms with E-state index in [4.69, 9.17) is 9.84 Å². The van der Waals surface area contributed by atoms with Crippen molar-refractivity contribution in [1.82, 2.24) is 10.6 Å². The molecule has 2 amide bonds. The first-order valence-corrected chi connectivity index (χ1v) is 11.2. The lowest BCUT2D eigenvalue weighted by molar-refractivity contribution is -0.136. The molecule has 3 N–H and O–H groups in total. The van der Waals surface area contributed by atoms with Crippen LogP contribution in [0.15, 0.2) is 72.8 Å². The van der Waals surface area contributed by atoms with Gasteiger partial charge in [-0.1, -0.05) is 72.8 Å². The van der Waals surface area contributed by atoms with E-state index in [1.807, 2.05) is 24.3 Å². The fourth-order valence-electron chi connectivity index (χ4n) is 4.28. The van der Waals surface area contributed by atoms with Crippen molar-refractivity contribution < 1.29 is 24.2 Å². The second kappa shape index (κ2) is 10.7. The number of hydrogen-bond acceptors (Lipinski definition) is 4. The Bertz CT molecular complexity index is 1160. The Kier molecular flexibility index (Phi) is 7.22. The van der Waals surface area contributed by atoms with Crippen LogP contribution in [0.1, 0.15) is 34.6 Å². The smallest absolute Gasteiger partial charge is 0.407 e. The van der Waals surface area contributed by atoms with Gasteiger partial charge in [0, 0.05) is 25.4 Å². The maximum atomic E-state index is 12.2. The van der Waals surface area contributed by atoms with Gasteiger partial charge in [-0.3, -0.25) is 9.59 Å². The van der Waals surface area contributed by atoms with Gasteiger partial charge in [-0.05, 0) is 33.4 Å². The summed E-state index contributed by atoms with van der Waals surface area (Å²) in [5, 5.41) is 14.4. The molecule has 0 spiro atoms. The fourth-order valence-corrected chi connectivity index (χ4v) is 4.28. The summed E-state index contributed by atoms with van der Waals surface area (Å²) in [6.45, 7) is 0.582. The largest absolute Gasteiger partial charge is 0.481 e. The summed E-state index contributed by atoms with van der Waals surface area (Å²) in [5.41, 5.74) is 6.01. The molecule has 7 nitrogen and oxygen atoms in total. The van der Waals surface area contributed by atoms with Gasteiger partial charge in [-0.2, -0.15) is 0 Å². The predicted octanol–water partition coefficient (Wildman–Crippen LogP) is 3.86. The molecule has 0 saturated heterocycles. The third kappa shape index (κ3) is 5.43. The summed E-state index contributed by atoms with van der Waals surface area (Å²) in [6.07, 6.45) is -0.581. The van der Waals surface area contributed by atoms with Crippen molar-refractivity contribution in [2.75, 3.05) is 13.2 Å². The van der Waals surface area contributed by atoms with Gasteiger partial charge in [0.2, 0.25) is 5.91 Å². The number of benzene rings is 3. The van der Waals surface area contributed by atoms with Crippen LogP contribution in [-0.4, -0.2) is 36.2 Å². The lowest BCUT2D eigenvalue weighted by Gasteiger charge is -2.14. The van der Waals surface area contributed by atoms with E-state index in [0.717, 1.165) is 27.8 Å². The van der Waals surface area contributed by atoms with E-state index in [9.17, 15) is 14.4 Å². The summed E-state index contributed by atoms with van der Waals surface area (Å²) < 4.78 is 5.47. The summed E-state index contributed by atoms with van der Waals surface area (Å²) in [7, 11) is 0. The molecule has 3 aromatic rings. The van der Waals surface area contributed by atoms with Crippen molar-refractivity contribution in [3.63, 3.8) is 0 Å². The lowest BCUT2D eigenvalue weighted by atomic mass is 9.98. The third-order valence-electron chi connectivity index (χ3n) is 5.90. The standard InChI is InChI=1S/C27H26N2O5/c30-25(29-16-19-8-2-1-7-18(19)15-26(31)32)13-14-28-27(33)34-17-24-22-11-5-3-9-20(22)21-10-4-6-12-23(21)24/h1-12,24H,13-17H2,(H,28,33)(H,29,30)(H,31,32). The van der Waals surface area contributed by atoms with Gasteiger partial charge in [0.1, 0.15) is 6.61 Å². The average Bonchev–Trinajstić information content (AvgIpc) is 3.15. The normalized spacial score (nSPS) is 11.9. The Labute approximate surface area is 197 Å². The summed E-state index contributed by atoms with van der Waals surface area (Å²) in [6, 6.07) is 23.3. The number of carbonyl (C=O) groups excluding carboxylic acids is 2. The molecule has 3 aromatic carbocycles. The molecular formula is C27H26N2O5. The van der Waals surface area contributed by atoms with E-state index in [1.54, 1.807) is 24.3 Å². The molecular weight excluding hydrogens is 432 g/mol. The van der Waals surface area contributed by atoms with Crippen molar-refractivity contribution in [3.8, 4) is 11.1 Å². The van der Waals surface area contributed by atoms with Crippen molar-refractivity contribution in [1.29, 1.82) is 0 Å². The van der Waals surface area contributed by atoms with Gasteiger partial charge in [-0.15, -0.1) is 0 Å². The molecule has 0 radical (unpaired) electrons. The van der Waals surface area contributed by atoms with Crippen molar-refractivity contribution in [3.05, 3.63) is 95.1 Å². The van der Waals surface area contributed by atoms with E-state index >= 15 is 0 Å². The number of ether oxygens (including phenoxy) is 1. The lowest BCUT2D eigenvalue weighted by Crippen LogP contribution is -2.31. The van der Waals surface area contributed by atoms with Gasteiger partial charge in [0.05, 0.1) is 6.42 Å². The molecule has 1 aliphatic carbocycles. The highest BCUT2D eigenvalue weighted by Gasteiger charge is 2.28. The zero-order valence-corrected chi connectivity index (χ0v) is 18.6. The number of alkyl carbamates (subject to hydrolysis) is 1. The highest BCUT2D eigenvalue weighted by molar-refractivity contribution is 5.79. The van der Waals surface area contributed by atoms with Gasteiger partial charge in [-0.25, -0.2) is 4.79 Å². The second-order valence-corrected chi connectivity index (χ2v) is 8.12. The number of carbonyl (C=O) groups is 3. The SMILES string of the molecule is O=C(O)Cc1ccccc1CNC(=O)CCNC(=O)OCC1c2ccccc2-c2ccccc21.